The number of amides is 1. The van der Waals surface area contributed by atoms with E-state index >= 15 is 0 Å². The molecule has 108 valence electrons. The Bertz CT molecular complexity index is 530. The summed E-state index contributed by atoms with van der Waals surface area (Å²) in [5, 5.41) is 2.74. The lowest BCUT2D eigenvalue weighted by Gasteiger charge is -2.35. The summed E-state index contributed by atoms with van der Waals surface area (Å²) in [6.07, 6.45) is 1.94. The second-order valence-electron chi connectivity index (χ2n) is 5.23. The fraction of sp³-hybridized carbons (Fsp3) is 0.467. The lowest BCUT2D eigenvalue weighted by atomic mass is 9.95. The van der Waals surface area contributed by atoms with Gasteiger partial charge in [0.25, 0.3) is 0 Å². The first-order valence-corrected chi connectivity index (χ1v) is 7.31. The molecule has 0 aromatic heterocycles. The van der Waals surface area contributed by atoms with Gasteiger partial charge in [0.15, 0.2) is 0 Å². The molecule has 5 heteroatoms. The number of piperidine rings is 1. The van der Waals surface area contributed by atoms with E-state index in [1.165, 1.54) is 0 Å². The van der Waals surface area contributed by atoms with Crippen molar-refractivity contribution >= 4 is 28.8 Å². The highest BCUT2D eigenvalue weighted by Crippen LogP contribution is 2.29. The molecule has 0 bridgehead atoms. The number of thiocarbonyl (C=S) groups is 1. The summed E-state index contributed by atoms with van der Waals surface area (Å²) in [6.45, 7) is 3.72. The average molecular weight is 291 g/mol. The third kappa shape index (κ3) is 2.93. The van der Waals surface area contributed by atoms with Gasteiger partial charge >= 0.3 is 0 Å². The van der Waals surface area contributed by atoms with E-state index in [9.17, 15) is 4.79 Å². The van der Waals surface area contributed by atoms with Gasteiger partial charge in [-0.05, 0) is 31.4 Å². The van der Waals surface area contributed by atoms with Crippen molar-refractivity contribution in [1.29, 1.82) is 0 Å². The van der Waals surface area contributed by atoms with Crippen LogP contribution in [0.25, 0.3) is 0 Å². The van der Waals surface area contributed by atoms with E-state index in [1.807, 2.05) is 12.1 Å². The summed E-state index contributed by atoms with van der Waals surface area (Å²) in [4.78, 5) is 14.5. The van der Waals surface area contributed by atoms with Crippen LogP contribution in [0.5, 0.6) is 0 Å². The number of hydrogen-bond acceptors (Lipinski definition) is 3. The van der Waals surface area contributed by atoms with Crippen LogP contribution in [-0.2, 0) is 4.79 Å². The molecule has 1 aromatic rings. The number of rotatable bonds is 3. The van der Waals surface area contributed by atoms with Gasteiger partial charge in [0, 0.05) is 31.4 Å². The van der Waals surface area contributed by atoms with Crippen molar-refractivity contribution in [3.05, 3.63) is 29.3 Å². The predicted octanol–water partition coefficient (Wildman–Crippen LogP) is 1.59. The van der Waals surface area contributed by atoms with Gasteiger partial charge in [-0.2, -0.15) is 0 Å². The SMILES string of the molecule is CNC(=O)C1CCCN(c2c(C)cccc2C(N)=S)C1. The number of nitrogens with zero attached hydrogens (tertiary/aromatic N) is 1. The first kappa shape index (κ1) is 14.8. The fourth-order valence-electron chi connectivity index (χ4n) is 2.88. The van der Waals surface area contributed by atoms with E-state index < -0.39 is 0 Å². The number of carbonyl (C=O) groups is 1. The Kier molecular flexibility index (Phi) is 4.60. The maximum atomic E-state index is 11.9. The molecule has 20 heavy (non-hydrogen) atoms. The first-order chi connectivity index (χ1) is 9.54. The quantitative estimate of drug-likeness (QED) is 0.830. The minimum Gasteiger partial charge on any atom is -0.389 e. The summed E-state index contributed by atoms with van der Waals surface area (Å²) >= 11 is 5.15. The maximum Gasteiger partial charge on any atom is 0.224 e. The van der Waals surface area contributed by atoms with Crippen molar-refractivity contribution in [3.63, 3.8) is 0 Å². The van der Waals surface area contributed by atoms with Crippen LogP contribution >= 0.6 is 12.2 Å². The van der Waals surface area contributed by atoms with Gasteiger partial charge in [-0.25, -0.2) is 0 Å². The van der Waals surface area contributed by atoms with Crippen LogP contribution in [0.15, 0.2) is 18.2 Å². The number of carbonyl (C=O) groups excluding carboxylic acids is 1. The van der Waals surface area contributed by atoms with Gasteiger partial charge in [0.05, 0.1) is 5.92 Å². The fourth-order valence-corrected chi connectivity index (χ4v) is 3.04. The van der Waals surface area contributed by atoms with E-state index in [1.54, 1.807) is 7.05 Å². The largest absolute Gasteiger partial charge is 0.389 e. The highest BCUT2D eigenvalue weighted by atomic mass is 32.1. The minimum absolute atomic E-state index is 0.0348. The minimum atomic E-state index is 0.0348. The highest BCUT2D eigenvalue weighted by Gasteiger charge is 2.27. The molecule has 2 rings (SSSR count). The van der Waals surface area contributed by atoms with Crippen LogP contribution in [0.4, 0.5) is 5.69 Å². The van der Waals surface area contributed by atoms with Gasteiger partial charge in [0.2, 0.25) is 5.91 Å². The van der Waals surface area contributed by atoms with Gasteiger partial charge < -0.3 is 16.0 Å². The van der Waals surface area contributed by atoms with Gasteiger partial charge in [0.1, 0.15) is 4.99 Å². The number of nitrogens with one attached hydrogen (secondary N) is 1. The molecular weight excluding hydrogens is 270 g/mol. The number of anilines is 1. The third-order valence-corrected chi connectivity index (χ3v) is 4.08. The van der Waals surface area contributed by atoms with E-state index in [0.29, 0.717) is 4.99 Å². The zero-order valence-electron chi connectivity index (χ0n) is 12.0. The molecule has 0 aliphatic carbocycles. The molecule has 0 spiro atoms. The Morgan fingerprint density at radius 2 is 2.25 bits per heavy atom. The van der Waals surface area contributed by atoms with Gasteiger partial charge in [-0.1, -0.05) is 24.4 Å². The van der Waals surface area contributed by atoms with Crippen LogP contribution in [0.2, 0.25) is 0 Å². The van der Waals surface area contributed by atoms with E-state index in [-0.39, 0.29) is 11.8 Å². The van der Waals surface area contributed by atoms with Crippen molar-refractivity contribution in [2.75, 3.05) is 25.0 Å². The molecule has 1 amide bonds. The van der Waals surface area contributed by atoms with E-state index in [4.69, 9.17) is 18.0 Å². The Hall–Kier alpha value is -1.62. The molecule has 3 N–H and O–H groups in total. The van der Waals surface area contributed by atoms with Crippen LogP contribution in [-0.4, -0.2) is 31.0 Å². The smallest absolute Gasteiger partial charge is 0.224 e. The Balaban J connectivity index is 2.31. The molecular formula is C15H21N3OS. The third-order valence-electron chi connectivity index (χ3n) is 3.86. The van der Waals surface area contributed by atoms with Crippen molar-refractivity contribution in [3.8, 4) is 0 Å². The van der Waals surface area contributed by atoms with Crippen molar-refractivity contribution in [2.45, 2.75) is 19.8 Å². The van der Waals surface area contributed by atoms with Crippen molar-refractivity contribution in [1.82, 2.24) is 5.32 Å². The molecule has 1 fully saturated rings. The first-order valence-electron chi connectivity index (χ1n) is 6.90. The summed E-state index contributed by atoms with van der Waals surface area (Å²) in [5.74, 6) is 0.146. The highest BCUT2D eigenvalue weighted by molar-refractivity contribution is 7.80. The monoisotopic (exact) mass is 291 g/mol. The lowest BCUT2D eigenvalue weighted by molar-refractivity contribution is -0.124. The molecule has 1 unspecified atom stereocenters. The molecule has 1 aliphatic rings. The predicted molar refractivity (Wildman–Crippen MR) is 86.1 cm³/mol. The lowest BCUT2D eigenvalue weighted by Crippen LogP contribution is -2.43. The molecule has 4 nitrogen and oxygen atoms in total. The Morgan fingerprint density at radius 3 is 2.90 bits per heavy atom. The number of nitrogens with two attached hydrogens (primary N) is 1. The molecule has 0 radical (unpaired) electrons. The molecule has 0 saturated carbocycles. The number of aryl methyl sites for hydroxylation is 1. The Morgan fingerprint density at radius 1 is 1.50 bits per heavy atom. The zero-order chi connectivity index (χ0) is 14.7. The van der Waals surface area contributed by atoms with Crippen LogP contribution in [0.1, 0.15) is 24.0 Å². The molecule has 1 aromatic carbocycles. The molecule has 1 aliphatic heterocycles. The second kappa shape index (κ2) is 6.22. The van der Waals surface area contributed by atoms with Crippen LogP contribution < -0.4 is 16.0 Å². The number of hydrogen-bond donors (Lipinski definition) is 2. The van der Waals surface area contributed by atoms with E-state index in [0.717, 1.165) is 42.7 Å². The van der Waals surface area contributed by atoms with Crippen LogP contribution in [0.3, 0.4) is 0 Å². The van der Waals surface area contributed by atoms with Gasteiger partial charge in [-0.3, -0.25) is 4.79 Å². The maximum absolute atomic E-state index is 11.9. The molecule has 1 atom stereocenters. The standard InChI is InChI=1S/C15H21N3OS/c1-10-5-3-7-12(14(16)20)13(10)18-8-4-6-11(9-18)15(19)17-2/h3,5,7,11H,4,6,8-9H2,1-2H3,(H2,16,20)(H,17,19). The van der Waals surface area contributed by atoms with Crippen molar-refractivity contribution in [2.24, 2.45) is 11.7 Å². The topological polar surface area (TPSA) is 58.4 Å². The second-order valence-corrected chi connectivity index (χ2v) is 5.67. The summed E-state index contributed by atoms with van der Waals surface area (Å²) in [7, 11) is 1.69. The van der Waals surface area contributed by atoms with Gasteiger partial charge in [-0.15, -0.1) is 0 Å². The van der Waals surface area contributed by atoms with E-state index in [2.05, 4.69) is 23.2 Å². The summed E-state index contributed by atoms with van der Waals surface area (Å²) in [5.41, 5.74) is 8.96. The average Bonchev–Trinajstić information content (AvgIpc) is 2.46. The normalized spacial score (nSPS) is 18.7. The summed E-state index contributed by atoms with van der Waals surface area (Å²) in [6, 6.07) is 5.97. The number of benzene rings is 1. The van der Waals surface area contributed by atoms with Crippen LogP contribution in [0, 0.1) is 12.8 Å². The number of para-hydroxylation sites is 1. The summed E-state index contributed by atoms with van der Waals surface area (Å²) < 4.78 is 0. The molecule has 1 saturated heterocycles. The molecule has 1 heterocycles. The zero-order valence-corrected chi connectivity index (χ0v) is 12.8. The Labute approximate surface area is 125 Å². The van der Waals surface area contributed by atoms with Crippen molar-refractivity contribution < 1.29 is 4.79 Å².